The predicted molar refractivity (Wildman–Crippen MR) is 88.6 cm³/mol. The molecule has 5 heteroatoms. The summed E-state index contributed by atoms with van der Waals surface area (Å²) >= 11 is 10.9. The largest absolute Gasteiger partial charge is 0.334 e. The third kappa shape index (κ3) is 3.62. The van der Waals surface area contributed by atoms with Crippen LogP contribution >= 0.6 is 38.9 Å². The van der Waals surface area contributed by atoms with E-state index < -0.39 is 0 Å². The molecule has 0 aliphatic heterocycles. The first-order valence-corrected chi connectivity index (χ1v) is 8.29. The molecular formula is C15H15BrClNOS. The maximum Gasteiger partial charge on any atom is 0.254 e. The standard InChI is InChI=1S/C15H15BrClNOS/c1-3-18(9-12-6-7-14(17)20-12)15(19)13-8-11(16)5-4-10(13)2/h4-8H,3,9H2,1-2H3. The highest BCUT2D eigenvalue weighted by atomic mass is 79.9. The Bertz CT molecular complexity index is 626. The lowest BCUT2D eigenvalue weighted by molar-refractivity contribution is 0.0753. The Balaban J connectivity index is 2.22. The number of benzene rings is 1. The van der Waals surface area contributed by atoms with Crippen molar-refractivity contribution in [2.24, 2.45) is 0 Å². The zero-order chi connectivity index (χ0) is 14.7. The Hall–Kier alpha value is -0.840. The van der Waals surface area contributed by atoms with E-state index in [1.165, 1.54) is 11.3 Å². The first-order chi connectivity index (χ1) is 9.51. The molecule has 0 aliphatic carbocycles. The highest BCUT2D eigenvalue weighted by Crippen LogP contribution is 2.24. The molecule has 0 unspecified atom stereocenters. The van der Waals surface area contributed by atoms with Crippen LogP contribution in [0.1, 0.15) is 27.7 Å². The van der Waals surface area contributed by atoms with Crippen LogP contribution < -0.4 is 0 Å². The minimum absolute atomic E-state index is 0.0517. The number of rotatable bonds is 4. The zero-order valence-electron chi connectivity index (χ0n) is 11.3. The zero-order valence-corrected chi connectivity index (χ0v) is 14.5. The molecule has 0 bridgehead atoms. The molecular weight excluding hydrogens is 358 g/mol. The first-order valence-electron chi connectivity index (χ1n) is 6.31. The summed E-state index contributed by atoms with van der Waals surface area (Å²) in [7, 11) is 0. The highest BCUT2D eigenvalue weighted by Gasteiger charge is 2.17. The molecule has 1 amide bonds. The Labute approximate surface area is 136 Å². The van der Waals surface area contributed by atoms with Crippen LogP contribution in [-0.4, -0.2) is 17.4 Å². The van der Waals surface area contributed by atoms with Crippen LogP contribution in [0.2, 0.25) is 4.34 Å². The number of halogens is 2. The van der Waals surface area contributed by atoms with Crippen LogP contribution in [0.4, 0.5) is 0 Å². The van der Waals surface area contributed by atoms with Gasteiger partial charge in [0.25, 0.3) is 5.91 Å². The van der Waals surface area contributed by atoms with E-state index in [2.05, 4.69) is 15.9 Å². The van der Waals surface area contributed by atoms with E-state index in [-0.39, 0.29) is 5.91 Å². The second kappa shape index (κ2) is 6.74. The van der Waals surface area contributed by atoms with Crippen molar-refractivity contribution in [2.45, 2.75) is 20.4 Å². The lowest BCUT2D eigenvalue weighted by atomic mass is 10.1. The van der Waals surface area contributed by atoms with Crippen LogP contribution in [0.25, 0.3) is 0 Å². The van der Waals surface area contributed by atoms with Crippen LogP contribution in [0.5, 0.6) is 0 Å². The molecule has 2 rings (SSSR count). The van der Waals surface area contributed by atoms with Crippen molar-refractivity contribution in [2.75, 3.05) is 6.54 Å². The number of carbonyl (C=O) groups is 1. The lowest BCUT2D eigenvalue weighted by Gasteiger charge is -2.21. The van der Waals surface area contributed by atoms with Crippen molar-refractivity contribution < 1.29 is 4.79 Å². The summed E-state index contributed by atoms with van der Waals surface area (Å²) in [6, 6.07) is 9.61. The SMILES string of the molecule is CCN(Cc1ccc(Cl)s1)C(=O)c1cc(Br)ccc1C. The molecule has 0 atom stereocenters. The van der Waals surface area contributed by atoms with Gasteiger partial charge in [0.1, 0.15) is 0 Å². The van der Waals surface area contributed by atoms with Gasteiger partial charge in [-0.05, 0) is 43.7 Å². The molecule has 20 heavy (non-hydrogen) atoms. The van der Waals surface area contributed by atoms with Crippen molar-refractivity contribution >= 4 is 44.8 Å². The molecule has 0 fully saturated rings. The van der Waals surface area contributed by atoms with E-state index >= 15 is 0 Å². The van der Waals surface area contributed by atoms with Gasteiger partial charge in [0.2, 0.25) is 0 Å². The molecule has 0 radical (unpaired) electrons. The topological polar surface area (TPSA) is 20.3 Å². The van der Waals surface area contributed by atoms with Crippen LogP contribution in [0.3, 0.4) is 0 Å². The van der Waals surface area contributed by atoms with Gasteiger partial charge in [0.15, 0.2) is 0 Å². The third-order valence-corrected chi connectivity index (χ3v) is 4.78. The summed E-state index contributed by atoms with van der Waals surface area (Å²) in [5.41, 5.74) is 1.73. The summed E-state index contributed by atoms with van der Waals surface area (Å²) < 4.78 is 1.67. The average molecular weight is 373 g/mol. The fourth-order valence-electron chi connectivity index (χ4n) is 1.95. The van der Waals surface area contributed by atoms with Gasteiger partial charge >= 0.3 is 0 Å². The smallest absolute Gasteiger partial charge is 0.254 e. The maximum absolute atomic E-state index is 12.6. The summed E-state index contributed by atoms with van der Waals surface area (Å²) in [4.78, 5) is 15.6. The quantitative estimate of drug-likeness (QED) is 0.728. The van der Waals surface area contributed by atoms with Gasteiger partial charge in [-0.1, -0.05) is 33.6 Å². The first kappa shape index (κ1) is 15.5. The van der Waals surface area contributed by atoms with Gasteiger partial charge in [0.05, 0.1) is 10.9 Å². The fourth-order valence-corrected chi connectivity index (χ4v) is 3.41. The van der Waals surface area contributed by atoms with Crippen molar-refractivity contribution in [3.05, 3.63) is 55.1 Å². The Morgan fingerprint density at radius 2 is 2.10 bits per heavy atom. The number of amides is 1. The molecule has 0 saturated heterocycles. The Morgan fingerprint density at radius 1 is 1.35 bits per heavy atom. The van der Waals surface area contributed by atoms with E-state index in [9.17, 15) is 4.79 Å². The van der Waals surface area contributed by atoms with Gasteiger partial charge in [-0.3, -0.25) is 4.79 Å². The Kier molecular flexibility index (Phi) is 5.24. The predicted octanol–water partition coefficient (Wildman–Crippen LogP) is 5.13. The highest BCUT2D eigenvalue weighted by molar-refractivity contribution is 9.10. The number of hydrogen-bond acceptors (Lipinski definition) is 2. The molecule has 2 aromatic rings. The van der Waals surface area contributed by atoms with Crippen LogP contribution in [0, 0.1) is 6.92 Å². The van der Waals surface area contributed by atoms with Crippen molar-refractivity contribution in [1.82, 2.24) is 4.90 Å². The summed E-state index contributed by atoms with van der Waals surface area (Å²) in [5, 5.41) is 0. The van der Waals surface area contributed by atoms with E-state index in [0.717, 1.165) is 24.8 Å². The number of nitrogens with zero attached hydrogens (tertiary/aromatic N) is 1. The molecule has 1 aromatic heterocycles. The Morgan fingerprint density at radius 3 is 2.70 bits per heavy atom. The molecule has 1 aromatic carbocycles. The monoisotopic (exact) mass is 371 g/mol. The number of carbonyl (C=O) groups excluding carboxylic acids is 1. The lowest BCUT2D eigenvalue weighted by Crippen LogP contribution is -2.30. The fraction of sp³-hybridized carbons (Fsp3) is 0.267. The minimum atomic E-state index is 0.0517. The van der Waals surface area contributed by atoms with Crippen molar-refractivity contribution in [1.29, 1.82) is 0 Å². The summed E-state index contributed by atoms with van der Waals surface area (Å²) in [6.45, 7) is 5.20. The van der Waals surface area contributed by atoms with E-state index in [0.29, 0.717) is 13.1 Å². The molecule has 2 nitrogen and oxygen atoms in total. The molecule has 0 aliphatic rings. The third-order valence-electron chi connectivity index (χ3n) is 3.07. The minimum Gasteiger partial charge on any atom is -0.334 e. The van der Waals surface area contributed by atoms with Crippen molar-refractivity contribution in [3.63, 3.8) is 0 Å². The van der Waals surface area contributed by atoms with Gasteiger partial charge in [-0.15, -0.1) is 11.3 Å². The van der Waals surface area contributed by atoms with Gasteiger partial charge < -0.3 is 4.90 Å². The normalized spacial score (nSPS) is 10.6. The average Bonchev–Trinajstić information content (AvgIpc) is 2.83. The second-order valence-corrected chi connectivity index (χ2v) is 7.20. The summed E-state index contributed by atoms with van der Waals surface area (Å²) in [5.74, 6) is 0.0517. The molecule has 0 saturated carbocycles. The van der Waals surface area contributed by atoms with E-state index in [4.69, 9.17) is 11.6 Å². The summed E-state index contributed by atoms with van der Waals surface area (Å²) in [6.07, 6.45) is 0. The van der Waals surface area contributed by atoms with Gasteiger partial charge in [-0.25, -0.2) is 0 Å². The number of aryl methyl sites for hydroxylation is 1. The number of thiophene rings is 1. The van der Waals surface area contributed by atoms with E-state index in [1.54, 1.807) is 0 Å². The molecule has 0 spiro atoms. The van der Waals surface area contributed by atoms with Crippen LogP contribution in [0.15, 0.2) is 34.8 Å². The molecule has 1 heterocycles. The van der Waals surface area contributed by atoms with E-state index in [1.807, 2.05) is 49.1 Å². The second-order valence-electron chi connectivity index (χ2n) is 4.48. The molecule has 106 valence electrons. The molecule has 0 N–H and O–H groups in total. The number of hydrogen-bond donors (Lipinski definition) is 0. The van der Waals surface area contributed by atoms with Crippen LogP contribution in [-0.2, 0) is 6.54 Å². The maximum atomic E-state index is 12.6. The van der Waals surface area contributed by atoms with Gasteiger partial charge in [-0.2, -0.15) is 0 Å². The van der Waals surface area contributed by atoms with Gasteiger partial charge in [0, 0.05) is 21.5 Å². The van der Waals surface area contributed by atoms with Crippen molar-refractivity contribution in [3.8, 4) is 0 Å².